The Hall–Kier alpha value is -5.50. The lowest BCUT2D eigenvalue weighted by atomic mass is 9.95. The van der Waals surface area contributed by atoms with Crippen LogP contribution in [0.2, 0.25) is 0 Å². The molecule has 49 heavy (non-hydrogen) atoms. The van der Waals surface area contributed by atoms with E-state index < -0.39 is 29.1 Å². The molecule has 7 rings (SSSR count). The van der Waals surface area contributed by atoms with Crippen LogP contribution in [0.25, 0.3) is 28.0 Å². The molecular weight excluding hydrogens is 657 g/mol. The first kappa shape index (κ1) is 32.1. The van der Waals surface area contributed by atoms with Crippen molar-refractivity contribution in [3.05, 3.63) is 110 Å². The standard InChI is InChI=1S/C35H29F3N6O4S/c1-18-27-24(17-25(39-32(27)48-42-18)20-10-9-11-21(16-20)35(36,37)38)30(45)41-33-28(23-14-7-8-15-26(23)49-33)31(46)40-29-19(2)43(3)44(34(29)47)22-12-5-4-6-13-22/h4-6,9-13,16-17H,7-8,14-15H2,1-3H3,(H,40,46)(H,41,45). The van der Waals surface area contributed by atoms with Gasteiger partial charge in [0, 0.05) is 17.5 Å². The number of nitrogens with one attached hydrogen (secondary N) is 2. The minimum atomic E-state index is -4.58. The number of benzene rings is 2. The molecule has 0 aliphatic heterocycles. The number of hydrogen-bond donors (Lipinski definition) is 2. The predicted octanol–water partition coefficient (Wildman–Crippen LogP) is 7.46. The number of para-hydroxylation sites is 1. The number of halogens is 3. The van der Waals surface area contributed by atoms with Gasteiger partial charge in [0.25, 0.3) is 23.1 Å². The highest BCUT2D eigenvalue weighted by atomic mass is 32.1. The van der Waals surface area contributed by atoms with Crippen molar-refractivity contribution in [3.8, 4) is 16.9 Å². The smallest absolute Gasteiger partial charge is 0.335 e. The Labute approximate surface area is 281 Å². The van der Waals surface area contributed by atoms with Gasteiger partial charge in [0.05, 0.1) is 44.8 Å². The molecule has 0 atom stereocenters. The molecule has 1 aliphatic rings. The summed E-state index contributed by atoms with van der Waals surface area (Å²) in [6, 6.07) is 15.1. The number of fused-ring (bicyclic) bond motifs is 2. The Balaban J connectivity index is 1.27. The van der Waals surface area contributed by atoms with Crippen molar-refractivity contribution >= 4 is 44.9 Å². The third kappa shape index (κ3) is 5.71. The van der Waals surface area contributed by atoms with Crippen molar-refractivity contribution in [1.82, 2.24) is 19.5 Å². The number of rotatable bonds is 6. The summed E-state index contributed by atoms with van der Waals surface area (Å²) in [5.74, 6) is -1.16. The first-order chi connectivity index (χ1) is 23.4. The number of pyridine rings is 1. The fourth-order valence-electron chi connectivity index (χ4n) is 6.23. The lowest BCUT2D eigenvalue weighted by molar-refractivity contribution is -0.137. The fourth-order valence-corrected chi connectivity index (χ4v) is 7.51. The molecule has 250 valence electrons. The van der Waals surface area contributed by atoms with Crippen molar-refractivity contribution in [3.63, 3.8) is 0 Å². The van der Waals surface area contributed by atoms with Gasteiger partial charge in [0.1, 0.15) is 10.7 Å². The highest BCUT2D eigenvalue weighted by Gasteiger charge is 2.32. The molecule has 14 heteroatoms. The minimum Gasteiger partial charge on any atom is -0.335 e. The molecule has 10 nitrogen and oxygen atoms in total. The van der Waals surface area contributed by atoms with Crippen LogP contribution in [0.15, 0.2) is 70.0 Å². The molecule has 1 aliphatic carbocycles. The summed E-state index contributed by atoms with van der Waals surface area (Å²) in [4.78, 5) is 47.1. The van der Waals surface area contributed by atoms with Crippen LogP contribution in [-0.2, 0) is 26.1 Å². The van der Waals surface area contributed by atoms with Crippen LogP contribution in [-0.4, -0.2) is 31.3 Å². The van der Waals surface area contributed by atoms with E-state index in [0.717, 1.165) is 41.8 Å². The van der Waals surface area contributed by atoms with Crippen LogP contribution in [0, 0.1) is 13.8 Å². The summed E-state index contributed by atoms with van der Waals surface area (Å²) in [7, 11) is 1.73. The molecule has 4 aromatic heterocycles. The predicted molar refractivity (Wildman–Crippen MR) is 180 cm³/mol. The molecule has 4 heterocycles. The Kier molecular flexibility index (Phi) is 7.98. The van der Waals surface area contributed by atoms with E-state index in [-0.39, 0.29) is 33.8 Å². The van der Waals surface area contributed by atoms with Gasteiger partial charge in [-0.15, -0.1) is 11.3 Å². The SMILES string of the molecule is Cc1noc2nc(-c3cccc(C(F)(F)F)c3)cc(C(=O)Nc3sc4c(c3C(=O)Nc3c(C)n(C)n(-c5ccccc5)c3=O)CCCC4)c12. The molecule has 2 amide bonds. The Morgan fingerprint density at radius 1 is 0.959 bits per heavy atom. The topological polar surface area (TPSA) is 124 Å². The molecule has 0 spiro atoms. The zero-order valence-corrected chi connectivity index (χ0v) is 27.4. The average Bonchev–Trinajstić information content (AvgIpc) is 3.71. The monoisotopic (exact) mass is 686 g/mol. The van der Waals surface area contributed by atoms with Crippen LogP contribution < -0.4 is 16.2 Å². The van der Waals surface area contributed by atoms with Gasteiger partial charge < -0.3 is 15.2 Å². The van der Waals surface area contributed by atoms with E-state index in [1.165, 1.54) is 34.2 Å². The van der Waals surface area contributed by atoms with E-state index in [1.807, 2.05) is 18.2 Å². The first-order valence-corrected chi connectivity index (χ1v) is 16.3. The number of aromatic nitrogens is 4. The van der Waals surface area contributed by atoms with Crippen molar-refractivity contribution in [1.29, 1.82) is 0 Å². The highest BCUT2D eigenvalue weighted by molar-refractivity contribution is 7.17. The lowest BCUT2D eigenvalue weighted by Crippen LogP contribution is -2.24. The Bertz CT molecular complexity index is 2340. The number of thiophene rings is 1. The third-order valence-electron chi connectivity index (χ3n) is 8.77. The molecule has 0 bridgehead atoms. The van der Waals surface area contributed by atoms with E-state index in [4.69, 9.17) is 4.52 Å². The number of anilines is 2. The van der Waals surface area contributed by atoms with Gasteiger partial charge in [0.2, 0.25) is 0 Å². The highest BCUT2D eigenvalue weighted by Crippen LogP contribution is 2.40. The number of hydrogen-bond acceptors (Lipinski definition) is 7. The normalized spacial score (nSPS) is 13.0. The fraction of sp³-hybridized carbons (Fsp3) is 0.229. The van der Waals surface area contributed by atoms with Gasteiger partial charge >= 0.3 is 6.18 Å². The second-order valence-corrected chi connectivity index (χ2v) is 12.9. The summed E-state index contributed by atoms with van der Waals surface area (Å²) in [5, 5.41) is 10.3. The maximum absolute atomic E-state index is 14.1. The maximum atomic E-state index is 14.1. The number of nitrogens with zero attached hydrogens (tertiary/aromatic N) is 4. The summed E-state index contributed by atoms with van der Waals surface area (Å²) in [6.07, 6.45) is -1.45. The van der Waals surface area contributed by atoms with Crippen LogP contribution >= 0.6 is 11.3 Å². The van der Waals surface area contributed by atoms with E-state index >= 15 is 0 Å². The van der Waals surface area contributed by atoms with Gasteiger partial charge in [-0.25, -0.2) is 9.67 Å². The van der Waals surface area contributed by atoms with E-state index in [2.05, 4.69) is 20.8 Å². The van der Waals surface area contributed by atoms with Crippen LogP contribution in [0.3, 0.4) is 0 Å². The Morgan fingerprint density at radius 3 is 2.47 bits per heavy atom. The van der Waals surface area contributed by atoms with Crippen LogP contribution in [0.5, 0.6) is 0 Å². The number of alkyl halides is 3. The summed E-state index contributed by atoms with van der Waals surface area (Å²) in [5.41, 5.74) is 1.73. The zero-order valence-electron chi connectivity index (χ0n) is 26.6. The van der Waals surface area contributed by atoms with E-state index in [0.29, 0.717) is 33.9 Å². The number of carbonyl (C=O) groups is 2. The number of carbonyl (C=O) groups excluding carboxylic acids is 2. The van der Waals surface area contributed by atoms with Gasteiger partial charge in [-0.3, -0.25) is 19.1 Å². The van der Waals surface area contributed by atoms with Gasteiger partial charge in [0.15, 0.2) is 0 Å². The molecule has 0 radical (unpaired) electrons. The maximum Gasteiger partial charge on any atom is 0.416 e. The average molecular weight is 687 g/mol. The second-order valence-electron chi connectivity index (χ2n) is 11.8. The largest absolute Gasteiger partial charge is 0.416 e. The molecule has 6 aromatic rings. The van der Waals surface area contributed by atoms with E-state index in [9.17, 15) is 27.6 Å². The number of amides is 2. The first-order valence-electron chi connectivity index (χ1n) is 15.5. The summed E-state index contributed by atoms with van der Waals surface area (Å²) in [6.45, 7) is 3.36. The van der Waals surface area contributed by atoms with Crippen LogP contribution in [0.1, 0.15) is 60.9 Å². The van der Waals surface area contributed by atoms with Crippen molar-refractivity contribution in [2.45, 2.75) is 45.7 Å². The lowest BCUT2D eigenvalue weighted by Gasteiger charge is -2.13. The summed E-state index contributed by atoms with van der Waals surface area (Å²) >= 11 is 1.29. The number of aryl methyl sites for hydroxylation is 2. The molecular formula is C35H29F3N6O4S. The molecule has 0 saturated carbocycles. The third-order valence-corrected chi connectivity index (χ3v) is 9.97. The molecule has 0 saturated heterocycles. The van der Waals surface area contributed by atoms with Crippen molar-refractivity contribution < 1.29 is 27.3 Å². The molecule has 2 aromatic carbocycles. The minimum absolute atomic E-state index is 0.0183. The zero-order chi connectivity index (χ0) is 34.6. The van der Waals surface area contributed by atoms with Crippen molar-refractivity contribution in [2.24, 2.45) is 7.05 Å². The summed E-state index contributed by atoms with van der Waals surface area (Å²) < 4.78 is 49.0. The Morgan fingerprint density at radius 2 is 1.71 bits per heavy atom. The molecule has 2 N–H and O–H groups in total. The molecule has 0 fully saturated rings. The van der Waals surface area contributed by atoms with Crippen LogP contribution in [0.4, 0.5) is 23.9 Å². The molecule has 0 unspecified atom stereocenters. The quantitative estimate of drug-likeness (QED) is 0.188. The van der Waals surface area contributed by atoms with Gasteiger partial charge in [-0.2, -0.15) is 13.2 Å². The van der Waals surface area contributed by atoms with E-state index in [1.54, 1.807) is 37.7 Å². The van der Waals surface area contributed by atoms with Gasteiger partial charge in [-0.1, -0.05) is 35.5 Å². The second kappa shape index (κ2) is 12.2. The van der Waals surface area contributed by atoms with Crippen molar-refractivity contribution in [2.75, 3.05) is 10.6 Å². The van der Waals surface area contributed by atoms with Gasteiger partial charge in [-0.05, 0) is 75.4 Å².